The molecule has 1 saturated carbocycles. The fourth-order valence-electron chi connectivity index (χ4n) is 4.41. The maximum Gasteiger partial charge on any atom is 0.416 e. The van der Waals surface area contributed by atoms with Gasteiger partial charge in [-0.3, -0.25) is 0 Å². The van der Waals surface area contributed by atoms with Crippen molar-refractivity contribution in [2.75, 3.05) is 6.61 Å². The van der Waals surface area contributed by atoms with Gasteiger partial charge in [-0.25, -0.2) is 9.78 Å². The number of aromatic nitrogens is 2. The normalized spacial score (nSPS) is 15.7. The van der Waals surface area contributed by atoms with Crippen LogP contribution in [0.3, 0.4) is 0 Å². The van der Waals surface area contributed by atoms with Crippen LogP contribution in [0.2, 0.25) is 0 Å². The molecular formula is C26H33F3N2O4. The molecule has 1 aromatic carbocycles. The van der Waals surface area contributed by atoms with Crippen LogP contribution in [0.15, 0.2) is 24.3 Å². The van der Waals surface area contributed by atoms with Gasteiger partial charge in [0, 0.05) is 11.8 Å². The van der Waals surface area contributed by atoms with Crippen LogP contribution in [0.4, 0.5) is 13.2 Å². The molecule has 0 spiro atoms. The van der Waals surface area contributed by atoms with E-state index in [1.807, 2.05) is 6.92 Å². The highest BCUT2D eigenvalue weighted by molar-refractivity contribution is 5.91. The van der Waals surface area contributed by atoms with E-state index in [4.69, 9.17) is 9.47 Å². The first-order chi connectivity index (χ1) is 16.3. The topological polar surface area (TPSA) is 81.5 Å². The average molecular weight is 495 g/mol. The molecule has 192 valence electrons. The van der Waals surface area contributed by atoms with Crippen molar-refractivity contribution in [3.8, 4) is 11.6 Å². The van der Waals surface area contributed by atoms with Crippen molar-refractivity contribution < 1.29 is 32.5 Å². The lowest BCUT2D eigenvalue weighted by Crippen LogP contribution is -2.28. The van der Waals surface area contributed by atoms with Gasteiger partial charge in [0.1, 0.15) is 11.4 Å². The molecule has 0 saturated heterocycles. The lowest BCUT2D eigenvalue weighted by Gasteiger charge is -2.29. The number of benzene rings is 1. The van der Waals surface area contributed by atoms with E-state index in [1.165, 1.54) is 12.1 Å². The van der Waals surface area contributed by atoms with Gasteiger partial charge in [-0.2, -0.15) is 18.2 Å². The first kappa shape index (κ1) is 26.8. The first-order valence-corrected chi connectivity index (χ1v) is 12.0. The number of hydrogen-bond donors (Lipinski definition) is 1. The zero-order valence-corrected chi connectivity index (χ0v) is 20.7. The molecule has 1 aliphatic rings. The molecule has 0 bridgehead atoms. The van der Waals surface area contributed by atoms with Gasteiger partial charge in [-0.15, -0.1) is 0 Å². The number of carbonyl (C=O) groups excluding carboxylic acids is 1. The van der Waals surface area contributed by atoms with Gasteiger partial charge in [-0.1, -0.05) is 38.3 Å². The Balaban J connectivity index is 1.98. The molecule has 0 aliphatic heterocycles. The van der Waals surface area contributed by atoms with Gasteiger partial charge >= 0.3 is 12.1 Å². The van der Waals surface area contributed by atoms with E-state index in [2.05, 4.69) is 9.97 Å². The number of halogens is 3. The highest BCUT2D eigenvalue weighted by Crippen LogP contribution is 2.44. The lowest BCUT2D eigenvalue weighted by atomic mass is 9.75. The minimum atomic E-state index is -4.41. The molecule has 1 aromatic heterocycles. The smallest absolute Gasteiger partial charge is 0.416 e. The van der Waals surface area contributed by atoms with E-state index in [0.717, 1.165) is 49.8 Å². The summed E-state index contributed by atoms with van der Waals surface area (Å²) in [6.07, 6.45) is 0.707. The molecule has 6 nitrogen and oxygen atoms in total. The summed E-state index contributed by atoms with van der Waals surface area (Å²) in [5.41, 5.74) is -1.38. The summed E-state index contributed by atoms with van der Waals surface area (Å²) >= 11 is 0. The molecule has 3 rings (SSSR count). The van der Waals surface area contributed by atoms with E-state index in [1.54, 1.807) is 20.8 Å². The molecule has 1 N–H and O–H groups in total. The van der Waals surface area contributed by atoms with Crippen LogP contribution in [-0.4, -0.2) is 33.3 Å². The van der Waals surface area contributed by atoms with Gasteiger partial charge in [0.25, 0.3) is 5.88 Å². The van der Waals surface area contributed by atoms with Crippen LogP contribution in [0.5, 0.6) is 11.6 Å². The fourth-order valence-corrected chi connectivity index (χ4v) is 4.41. The van der Waals surface area contributed by atoms with Crippen molar-refractivity contribution in [2.45, 2.75) is 89.8 Å². The number of unbranched alkanes of at least 4 members (excludes halogenated alkanes) is 1. The summed E-state index contributed by atoms with van der Waals surface area (Å²) in [5, 5.41) is 10.7. The molecule has 1 fully saturated rings. The molecule has 0 atom stereocenters. The van der Waals surface area contributed by atoms with E-state index in [-0.39, 0.29) is 30.3 Å². The largest absolute Gasteiger partial charge is 0.491 e. The second-order valence-electron chi connectivity index (χ2n) is 10.1. The number of carbonyl (C=O) groups is 1. The average Bonchev–Trinajstić information content (AvgIpc) is 3.23. The molecule has 0 unspecified atom stereocenters. The Hall–Kier alpha value is -2.84. The third-order valence-electron chi connectivity index (χ3n) is 6.11. The third kappa shape index (κ3) is 6.64. The second kappa shape index (κ2) is 10.4. The maximum absolute atomic E-state index is 13.1. The number of esters is 1. The van der Waals surface area contributed by atoms with E-state index in [0.29, 0.717) is 6.42 Å². The number of aromatic hydroxyl groups is 1. The Kier molecular flexibility index (Phi) is 7.97. The molecule has 2 aromatic rings. The van der Waals surface area contributed by atoms with E-state index >= 15 is 0 Å². The van der Waals surface area contributed by atoms with Crippen molar-refractivity contribution in [3.63, 3.8) is 0 Å². The number of ether oxygens (including phenoxy) is 2. The van der Waals surface area contributed by atoms with Crippen LogP contribution in [-0.2, 0) is 22.7 Å². The minimum Gasteiger partial charge on any atom is -0.491 e. The van der Waals surface area contributed by atoms with Gasteiger partial charge in [0.2, 0.25) is 5.75 Å². The first-order valence-electron chi connectivity index (χ1n) is 12.0. The van der Waals surface area contributed by atoms with Gasteiger partial charge in [0.05, 0.1) is 12.2 Å². The Bertz CT molecular complexity index is 1020. The zero-order chi connectivity index (χ0) is 25.9. The molecule has 9 heteroatoms. The number of rotatable bonds is 8. The van der Waals surface area contributed by atoms with Crippen LogP contribution < -0.4 is 4.74 Å². The molecular weight excluding hydrogens is 461 g/mol. The Labute approximate surface area is 203 Å². The molecule has 1 heterocycles. The summed E-state index contributed by atoms with van der Waals surface area (Å²) in [7, 11) is 0. The molecule has 0 amide bonds. The Morgan fingerprint density at radius 2 is 1.71 bits per heavy atom. The van der Waals surface area contributed by atoms with Crippen molar-refractivity contribution in [1.82, 2.24) is 9.97 Å². The SMILES string of the molecule is CCCCOc1c(O)nc(CC2(c3ccc(C(F)(F)F)cc3)CCCC2)nc1C(=O)OC(C)(C)C. The fraction of sp³-hybridized carbons (Fsp3) is 0.577. The van der Waals surface area contributed by atoms with Crippen LogP contribution >= 0.6 is 0 Å². The van der Waals surface area contributed by atoms with Gasteiger partial charge in [-0.05, 0) is 57.7 Å². The van der Waals surface area contributed by atoms with Crippen molar-refractivity contribution >= 4 is 5.97 Å². The predicted molar refractivity (Wildman–Crippen MR) is 125 cm³/mol. The lowest BCUT2D eigenvalue weighted by molar-refractivity contribution is -0.137. The molecule has 35 heavy (non-hydrogen) atoms. The number of hydrogen-bond acceptors (Lipinski definition) is 6. The van der Waals surface area contributed by atoms with E-state index < -0.39 is 34.6 Å². The Morgan fingerprint density at radius 3 is 2.26 bits per heavy atom. The predicted octanol–water partition coefficient (Wildman–Crippen LogP) is 6.39. The summed E-state index contributed by atoms with van der Waals surface area (Å²) in [6, 6.07) is 5.19. The third-order valence-corrected chi connectivity index (χ3v) is 6.11. The van der Waals surface area contributed by atoms with Gasteiger partial charge < -0.3 is 14.6 Å². The monoisotopic (exact) mass is 494 g/mol. The Morgan fingerprint density at radius 1 is 1.09 bits per heavy atom. The van der Waals surface area contributed by atoms with Crippen LogP contribution in [0.1, 0.15) is 93.7 Å². The number of alkyl halides is 3. The zero-order valence-electron chi connectivity index (χ0n) is 20.7. The van der Waals surface area contributed by atoms with Gasteiger partial charge in [0.15, 0.2) is 5.69 Å². The quantitative estimate of drug-likeness (QED) is 0.338. The van der Waals surface area contributed by atoms with Crippen LogP contribution in [0.25, 0.3) is 0 Å². The second-order valence-corrected chi connectivity index (χ2v) is 10.1. The van der Waals surface area contributed by atoms with Crippen molar-refractivity contribution in [1.29, 1.82) is 0 Å². The summed E-state index contributed by atoms with van der Waals surface area (Å²) < 4.78 is 50.3. The summed E-state index contributed by atoms with van der Waals surface area (Å²) in [5.74, 6) is -1.09. The highest BCUT2D eigenvalue weighted by atomic mass is 19.4. The summed E-state index contributed by atoms with van der Waals surface area (Å²) in [4.78, 5) is 21.6. The summed E-state index contributed by atoms with van der Waals surface area (Å²) in [6.45, 7) is 7.44. The minimum absolute atomic E-state index is 0.119. The number of nitrogens with zero attached hydrogens (tertiary/aromatic N) is 2. The molecule has 1 aliphatic carbocycles. The van der Waals surface area contributed by atoms with E-state index in [9.17, 15) is 23.1 Å². The van der Waals surface area contributed by atoms with Crippen molar-refractivity contribution in [2.24, 2.45) is 0 Å². The maximum atomic E-state index is 13.1. The standard InChI is InChI=1S/C26H33F3N2O4/c1-5-6-15-34-21-20(23(33)35-24(2,3)4)30-19(31-22(21)32)16-25(13-7-8-14-25)17-9-11-18(12-10-17)26(27,28)29/h9-12H,5-8,13-16H2,1-4H3,(H,30,31,32). The van der Waals surface area contributed by atoms with Crippen molar-refractivity contribution in [3.05, 3.63) is 46.9 Å². The molecule has 0 radical (unpaired) electrons. The highest BCUT2D eigenvalue weighted by Gasteiger charge is 2.39. The van der Waals surface area contributed by atoms with Crippen LogP contribution in [0, 0.1) is 0 Å².